The third-order valence-electron chi connectivity index (χ3n) is 3.64. The van der Waals surface area contributed by atoms with Crippen LogP contribution in [-0.4, -0.2) is 29.0 Å². The van der Waals surface area contributed by atoms with E-state index < -0.39 is 11.1 Å². The van der Waals surface area contributed by atoms with E-state index in [-0.39, 0.29) is 18.4 Å². The van der Waals surface area contributed by atoms with Crippen LogP contribution in [0.3, 0.4) is 0 Å². The maximum atomic E-state index is 12.5. The van der Waals surface area contributed by atoms with Gasteiger partial charge in [0.2, 0.25) is 0 Å². The van der Waals surface area contributed by atoms with E-state index in [1.165, 1.54) is 0 Å². The van der Waals surface area contributed by atoms with Gasteiger partial charge < -0.3 is 5.73 Å². The minimum atomic E-state index is -4.29. The summed E-state index contributed by atoms with van der Waals surface area (Å²) in [5, 5.41) is 0.514. The monoisotopic (exact) mass is 329 g/mol. The van der Waals surface area contributed by atoms with Crippen LogP contribution in [0.5, 0.6) is 0 Å². The number of hydrogen-bond acceptors (Lipinski definition) is 4. The molecule has 1 fully saturated rings. The first kappa shape index (κ1) is 17.7. The van der Waals surface area contributed by atoms with Crippen molar-refractivity contribution in [3.63, 3.8) is 0 Å². The van der Waals surface area contributed by atoms with Crippen molar-refractivity contribution in [3.8, 4) is 0 Å². The molecule has 0 amide bonds. The maximum absolute atomic E-state index is 12.5. The van der Waals surface area contributed by atoms with Crippen molar-refractivity contribution in [1.82, 2.24) is 9.88 Å². The van der Waals surface area contributed by atoms with Crippen molar-refractivity contribution in [2.75, 3.05) is 13.1 Å². The Labute approximate surface area is 126 Å². The van der Waals surface area contributed by atoms with E-state index >= 15 is 0 Å². The Morgan fingerprint density at radius 3 is 2.75 bits per heavy atom. The molecular weight excluding hydrogens is 311 g/mol. The number of nitrogens with zero attached hydrogens (tertiary/aromatic N) is 2. The highest BCUT2D eigenvalue weighted by molar-refractivity contribution is 7.11. The van der Waals surface area contributed by atoms with E-state index in [2.05, 4.69) is 16.8 Å². The van der Waals surface area contributed by atoms with Crippen LogP contribution in [0, 0.1) is 5.92 Å². The van der Waals surface area contributed by atoms with E-state index in [9.17, 15) is 13.2 Å². The van der Waals surface area contributed by atoms with E-state index in [0.29, 0.717) is 24.0 Å². The smallest absolute Gasteiger partial charge is 0.329 e. The number of rotatable bonds is 3. The Bertz CT molecular complexity index is 424. The Kier molecular flexibility index (Phi) is 6.25. The summed E-state index contributed by atoms with van der Waals surface area (Å²) in [5.41, 5.74) is 5.77. The molecule has 1 aromatic rings. The number of hydrogen-bond donors (Lipinski definition) is 1. The molecule has 2 unspecified atom stereocenters. The van der Waals surface area contributed by atoms with Gasteiger partial charge in [0.05, 0.1) is 12.7 Å². The lowest BCUT2D eigenvalue weighted by atomic mass is 9.91. The lowest BCUT2D eigenvalue weighted by Crippen LogP contribution is -2.47. The van der Waals surface area contributed by atoms with Gasteiger partial charge in [-0.3, -0.25) is 4.90 Å². The Morgan fingerprint density at radius 2 is 2.20 bits per heavy atom. The highest BCUT2D eigenvalue weighted by atomic mass is 35.5. The Morgan fingerprint density at radius 1 is 1.50 bits per heavy atom. The molecule has 2 atom stereocenters. The molecule has 20 heavy (non-hydrogen) atoms. The quantitative estimate of drug-likeness (QED) is 0.926. The number of alkyl halides is 3. The third kappa shape index (κ3) is 4.07. The molecule has 3 nitrogen and oxygen atoms in total. The molecule has 0 radical (unpaired) electrons. The summed E-state index contributed by atoms with van der Waals surface area (Å²) in [4.78, 5) is 5.42. The van der Waals surface area contributed by atoms with Crippen molar-refractivity contribution in [2.24, 2.45) is 11.7 Å². The number of nitrogens with two attached hydrogens (primary N) is 1. The predicted octanol–water partition coefficient (Wildman–Crippen LogP) is 3.14. The molecule has 2 heterocycles. The van der Waals surface area contributed by atoms with Crippen LogP contribution < -0.4 is 5.73 Å². The van der Waals surface area contributed by atoms with Gasteiger partial charge in [0, 0.05) is 12.6 Å². The minimum Gasteiger partial charge on any atom is -0.329 e. The summed E-state index contributed by atoms with van der Waals surface area (Å²) in [6, 6.07) is 0.243. The molecule has 2 N–H and O–H groups in total. The summed E-state index contributed by atoms with van der Waals surface area (Å²) in [5.74, 6) is 0.487. The average Bonchev–Trinajstić information content (AvgIpc) is 2.77. The van der Waals surface area contributed by atoms with Gasteiger partial charge in [0.1, 0.15) is 9.88 Å². The van der Waals surface area contributed by atoms with E-state index in [4.69, 9.17) is 5.73 Å². The number of piperidine rings is 1. The zero-order valence-corrected chi connectivity index (χ0v) is 12.8. The highest BCUT2D eigenvalue weighted by Crippen LogP contribution is 2.34. The maximum Gasteiger partial charge on any atom is 0.427 e. The molecule has 8 heteroatoms. The summed E-state index contributed by atoms with van der Waals surface area (Å²) in [7, 11) is 0. The van der Waals surface area contributed by atoms with Crippen LogP contribution >= 0.6 is 23.7 Å². The molecule has 0 aromatic carbocycles. The molecule has 0 spiro atoms. The largest absolute Gasteiger partial charge is 0.427 e. The molecule has 1 aliphatic heterocycles. The van der Waals surface area contributed by atoms with E-state index in [1.807, 2.05) is 0 Å². The first-order valence-electron chi connectivity index (χ1n) is 6.38. The SMILES string of the molecule is CC1CCCN(Cc2ncc(C(F)(F)F)s2)C1CN.Cl. The fourth-order valence-electron chi connectivity index (χ4n) is 2.60. The van der Waals surface area contributed by atoms with Gasteiger partial charge in [-0.1, -0.05) is 6.92 Å². The summed E-state index contributed by atoms with van der Waals surface area (Å²) in [6.45, 7) is 4.03. The minimum absolute atomic E-state index is 0. The second kappa shape index (κ2) is 7.06. The molecule has 0 bridgehead atoms. The molecule has 0 saturated carbocycles. The van der Waals surface area contributed by atoms with E-state index in [0.717, 1.165) is 36.9 Å². The zero-order valence-electron chi connectivity index (χ0n) is 11.2. The van der Waals surface area contributed by atoms with Crippen molar-refractivity contribution >= 4 is 23.7 Å². The second-order valence-corrected chi connectivity index (χ2v) is 6.12. The van der Waals surface area contributed by atoms with Gasteiger partial charge in [-0.25, -0.2) is 4.98 Å². The fraction of sp³-hybridized carbons (Fsp3) is 0.750. The average molecular weight is 330 g/mol. The lowest BCUT2D eigenvalue weighted by molar-refractivity contribution is -0.134. The topological polar surface area (TPSA) is 42.2 Å². The van der Waals surface area contributed by atoms with Gasteiger partial charge in [0.25, 0.3) is 0 Å². The van der Waals surface area contributed by atoms with Crippen LogP contribution in [0.25, 0.3) is 0 Å². The van der Waals surface area contributed by atoms with Crippen molar-refractivity contribution in [3.05, 3.63) is 16.1 Å². The third-order valence-corrected chi connectivity index (χ3v) is 4.67. The fourth-order valence-corrected chi connectivity index (χ4v) is 3.41. The normalized spacial score (nSPS) is 24.4. The van der Waals surface area contributed by atoms with Gasteiger partial charge in [0.15, 0.2) is 0 Å². The highest BCUT2D eigenvalue weighted by Gasteiger charge is 2.34. The number of aromatic nitrogens is 1. The molecular formula is C12H19ClF3N3S. The van der Waals surface area contributed by atoms with Crippen LogP contribution in [0.2, 0.25) is 0 Å². The van der Waals surface area contributed by atoms with Crippen LogP contribution in [-0.2, 0) is 12.7 Å². The Balaban J connectivity index is 0.00000200. The second-order valence-electron chi connectivity index (χ2n) is 5.01. The molecule has 0 aliphatic carbocycles. The molecule has 1 saturated heterocycles. The number of thiazole rings is 1. The van der Waals surface area contributed by atoms with Crippen molar-refractivity contribution in [2.45, 2.75) is 38.5 Å². The zero-order chi connectivity index (χ0) is 14.0. The van der Waals surface area contributed by atoms with Crippen LogP contribution in [0.15, 0.2) is 6.20 Å². The lowest BCUT2D eigenvalue weighted by Gasteiger charge is -2.38. The molecule has 116 valence electrons. The number of likely N-dealkylation sites (tertiary alicyclic amines) is 1. The standard InChI is InChI=1S/C12H18F3N3S.ClH/c1-8-3-2-4-18(9(8)5-16)7-11-17-6-10(19-11)12(13,14)15;/h6,8-9H,2-5,7,16H2,1H3;1H. The van der Waals surface area contributed by atoms with Gasteiger partial charge in [-0.05, 0) is 25.3 Å². The molecule has 2 rings (SSSR count). The molecule has 1 aliphatic rings. The molecule has 1 aromatic heterocycles. The van der Waals surface area contributed by atoms with E-state index in [1.54, 1.807) is 0 Å². The summed E-state index contributed by atoms with van der Waals surface area (Å²) < 4.78 is 37.6. The van der Waals surface area contributed by atoms with Gasteiger partial charge >= 0.3 is 6.18 Å². The summed E-state index contributed by atoms with van der Waals surface area (Å²) in [6.07, 6.45) is -1.18. The predicted molar refractivity (Wildman–Crippen MR) is 76.0 cm³/mol. The number of halogens is 4. The Hall–Kier alpha value is -0.370. The van der Waals surface area contributed by atoms with Crippen LogP contribution in [0.1, 0.15) is 29.7 Å². The van der Waals surface area contributed by atoms with Crippen molar-refractivity contribution < 1.29 is 13.2 Å². The van der Waals surface area contributed by atoms with Gasteiger partial charge in [-0.2, -0.15) is 13.2 Å². The summed E-state index contributed by atoms with van der Waals surface area (Å²) >= 11 is 0.729. The first-order chi connectivity index (χ1) is 8.91. The first-order valence-corrected chi connectivity index (χ1v) is 7.19. The van der Waals surface area contributed by atoms with Crippen LogP contribution in [0.4, 0.5) is 13.2 Å². The van der Waals surface area contributed by atoms with Crippen molar-refractivity contribution in [1.29, 1.82) is 0 Å². The van der Waals surface area contributed by atoms with Gasteiger partial charge in [-0.15, -0.1) is 23.7 Å².